The fraction of sp³-hybridized carbons (Fsp3) is 0.444. The van der Waals surface area contributed by atoms with E-state index in [1.807, 2.05) is 19.0 Å². The minimum Gasteiger partial charge on any atom is -0.378 e. The van der Waals surface area contributed by atoms with E-state index in [1.165, 1.54) is 6.07 Å². The van der Waals surface area contributed by atoms with Gasteiger partial charge in [0.1, 0.15) is 11.6 Å². The summed E-state index contributed by atoms with van der Waals surface area (Å²) in [7, 11) is 3.64. The Bertz CT molecular complexity index is 843. The number of carbonyl (C=O) groups is 1. The van der Waals surface area contributed by atoms with Crippen LogP contribution >= 0.6 is 0 Å². The summed E-state index contributed by atoms with van der Waals surface area (Å²) in [5.74, 6) is -0.446. The fourth-order valence-electron chi connectivity index (χ4n) is 2.66. The quantitative estimate of drug-likeness (QED) is 0.782. The largest absolute Gasteiger partial charge is 0.378 e. The molecule has 0 unspecified atom stereocenters. The third-order valence-electron chi connectivity index (χ3n) is 4.16. The Morgan fingerprint density at radius 1 is 1.21 bits per heavy atom. The van der Waals surface area contributed by atoms with Crippen molar-refractivity contribution in [3.8, 4) is 0 Å². The van der Waals surface area contributed by atoms with Crippen LogP contribution in [0.15, 0.2) is 18.2 Å². The molecule has 1 amide bonds. The SMILES string of the molecule is CN(C)c1nc(CNC(=O)Cc2ccc(F)cc2F)nc(N2CCOCC2)n1. The Morgan fingerprint density at radius 3 is 2.64 bits per heavy atom. The third kappa shape index (κ3) is 5.10. The molecule has 1 aromatic carbocycles. The van der Waals surface area contributed by atoms with Crippen molar-refractivity contribution in [3.63, 3.8) is 0 Å². The lowest BCUT2D eigenvalue weighted by molar-refractivity contribution is -0.120. The number of anilines is 2. The van der Waals surface area contributed by atoms with Crippen LogP contribution < -0.4 is 15.1 Å². The number of benzene rings is 1. The van der Waals surface area contributed by atoms with Gasteiger partial charge < -0.3 is 19.9 Å². The van der Waals surface area contributed by atoms with Gasteiger partial charge in [0, 0.05) is 33.3 Å². The molecule has 1 aromatic heterocycles. The van der Waals surface area contributed by atoms with Crippen LogP contribution in [0.3, 0.4) is 0 Å². The molecule has 3 rings (SSSR count). The Hall–Kier alpha value is -2.88. The first kappa shape index (κ1) is 19.9. The van der Waals surface area contributed by atoms with Crippen molar-refractivity contribution in [2.45, 2.75) is 13.0 Å². The lowest BCUT2D eigenvalue weighted by Crippen LogP contribution is -2.38. The number of hydrogen-bond acceptors (Lipinski definition) is 7. The molecule has 1 N–H and O–H groups in total. The smallest absolute Gasteiger partial charge is 0.230 e. The van der Waals surface area contributed by atoms with E-state index in [0.717, 1.165) is 12.1 Å². The molecule has 0 bridgehead atoms. The van der Waals surface area contributed by atoms with Gasteiger partial charge in [-0.05, 0) is 11.6 Å². The van der Waals surface area contributed by atoms with Gasteiger partial charge in [-0.1, -0.05) is 6.07 Å². The van der Waals surface area contributed by atoms with E-state index >= 15 is 0 Å². The maximum atomic E-state index is 13.7. The predicted molar refractivity (Wildman–Crippen MR) is 99.1 cm³/mol. The molecule has 0 atom stereocenters. The van der Waals surface area contributed by atoms with Crippen molar-refractivity contribution in [1.29, 1.82) is 0 Å². The van der Waals surface area contributed by atoms with Gasteiger partial charge in [0.25, 0.3) is 0 Å². The molecule has 10 heteroatoms. The van der Waals surface area contributed by atoms with E-state index in [9.17, 15) is 13.6 Å². The first-order chi connectivity index (χ1) is 13.4. The van der Waals surface area contributed by atoms with Gasteiger partial charge >= 0.3 is 0 Å². The highest BCUT2D eigenvalue weighted by atomic mass is 19.1. The monoisotopic (exact) mass is 392 g/mol. The van der Waals surface area contributed by atoms with Crippen molar-refractivity contribution in [2.75, 3.05) is 50.2 Å². The van der Waals surface area contributed by atoms with E-state index in [-0.39, 0.29) is 18.5 Å². The lowest BCUT2D eigenvalue weighted by atomic mass is 10.1. The van der Waals surface area contributed by atoms with Gasteiger partial charge in [0.2, 0.25) is 17.8 Å². The second kappa shape index (κ2) is 8.87. The fourth-order valence-corrected chi connectivity index (χ4v) is 2.66. The third-order valence-corrected chi connectivity index (χ3v) is 4.16. The van der Waals surface area contributed by atoms with Crippen molar-refractivity contribution in [1.82, 2.24) is 20.3 Å². The van der Waals surface area contributed by atoms with Crippen LogP contribution in [0.4, 0.5) is 20.7 Å². The molecule has 150 valence electrons. The molecule has 2 heterocycles. The molecule has 0 spiro atoms. The minimum atomic E-state index is -0.750. The molecule has 1 aliphatic rings. The second-order valence-corrected chi connectivity index (χ2v) is 6.53. The van der Waals surface area contributed by atoms with E-state index in [0.29, 0.717) is 44.0 Å². The zero-order valence-electron chi connectivity index (χ0n) is 15.8. The summed E-state index contributed by atoms with van der Waals surface area (Å²) in [6, 6.07) is 3.13. The highest BCUT2D eigenvalue weighted by Crippen LogP contribution is 2.14. The van der Waals surface area contributed by atoms with Crippen LogP contribution in [0.1, 0.15) is 11.4 Å². The predicted octanol–water partition coefficient (Wildman–Crippen LogP) is 0.911. The van der Waals surface area contributed by atoms with E-state index in [4.69, 9.17) is 4.74 Å². The zero-order chi connectivity index (χ0) is 20.1. The van der Waals surface area contributed by atoms with Gasteiger partial charge in [0.05, 0.1) is 26.2 Å². The zero-order valence-corrected chi connectivity index (χ0v) is 15.8. The van der Waals surface area contributed by atoms with Crippen molar-refractivity contribution < 1.29 is 18.3 Å². The average molecular weight is 392 g/mol. The molecular formula is C18H22F2N6O2. The lowest BCUT2D eigenvalue weighted by Gasteiger charge is -2.27. The van der Waals surface area contributed by atoms with E-state index in [2.05, 4.69) is 20.3 Å². The number of ether oxygens (including phenoxy) is 1. The van der Waals surface area contributed by atoms with Crippen LogP contribution in [0.2, 0.25) is 0 Å². The molecule has 0 aliphatic carbocycles. The highest BCUT2D eigenvalue weighted by Gasteiger charge is 2.18. The molecule has 1 saturated heterocycles. The number of nitrogens with zero attached hydrogens (tertiary/aromatic N) is 5. The van der Waals surface area contributed by atoms with Gasteiger partial charge in [0.15, 0.2) is 5.82 Å². The van der Waals surface area contributed by atoms with Crippen LogP contribution in [0, 0.1) is 11.6 Å². The summed E-state index contributed by atoms with van der Waals surface area (Å²) in [5, 5.41) is 2.67. The number of amides is 1. The van der Waals surface area contributed by atoms with Gasteiger partial charge in [-0.3, -0.25) is 4.79 Å². The van der Waals surface area contributed by atoms with Crippen LogP contribution in [-0.4, -0.2) is 61.3 Å². The number of morpholine rings is 1. The van der Waals surface area contributed by atoms with Gasteiger partial charge in [-0.2, -0.15) is 15.0 Å². The molecule has 0 saturated carbocycles. The number of halogens is 2. The summed E-state index contributed by atoms with van der Waals surface area (Å²) in [6.07, 6.45) is -0.200. The Balaban J connectivity index is 1.68. The highest BCUT2D eigenvalue weighted by molar-refractivity contribution is 5.78. The second-order valence-electron chi connectivity index (χ2n) is 6.53. The van der Waals surface area contributed by atoms with Crippen LogP contribution in [0.5, 0.6) is 0 Å². The Labute approximate surface area is 161 Å². The van der Waals surface area contributed by atoms with Crippen molar-refractivity contribution in [3.05, 3.63) is 41.2 Å². The Morgan fingerprint density at radius 2 is 1.96 bits per heavy atom. The first-order valence-corrected chi connectivity index (χ1v) is 8.88. The summed E-state index contributed by atoms with van der Waals surface area (Å²) in [6.45, 7) is 2.61. The van der Waals surface area contributed by atoms with Crippen molar-refractivity contribution in [2.24, 2.45) is 0 Å². The maximum absolute atomic E-state index is 13.7. The molecule has 0 radical (unpaired) electrons. The molecule has 2 aromatic rings. The summed E-state index contributed by atoms with van der Waals surface area (Å²) in [5.41, 5.74) is 0.123. The number of rotatable bonds is 6. The molecule has 8 nitrogen and oxygen atoms in total. The number of aromatic nitrogens is 3. The van der Waals surface area contributed by atoms with Gasteiger partial charge in [-0.15, -0.1) is 0 Å². The van der Waals surface area contributed by atoms with Crippen molar-refractivity contribution >= 4 is 17.8 Å². The molecule has 1 aliphatic heterocycles. The van der Waals surface area contributed by atoms with Crippen LogP contribution in [-0.2, 0) is 22.5 Å². The Kier molecular flexibility index (Phi) is 6.30. The number of hydrogen-bond donors (Lipinski definition) is 1. The topological polar surface area (TPSA) is 83.5 Å². The molecular weight excluding hydrogens is 370 g/mol. The standard InChI is InChI=1S/C18H22F2N6O2/c1-25(2)17-22-15(23-18(24-17)26-5-7-28-8-6-26)11-21-16(27)9-12-3-4-13(19)10-14(12)20/h3-4,10H,5-9,11H2,1-2H3,(H,21,27). The summed E-state index contributed by atoms with van der Waals surface area (Å²) >= 11 is 0. The molecule has 1 fully saturated rings. The maximum Gasteiger partial charge on any atom is 0.230 e. The number of carbonyl (C=O) groups excluding carboxylic acids is 1. The molecule has 28 heavy (non-hydrogen) atoms. The minimum absolute atomic E-state index is 0.0718. The normalized spacial score (nSPS) is 14.1. The average Bonchev–Trinajstić information content (AvgIpc) is 2.69. The first-order valence-electron chi connectivity index (χ1n) is 8.88. The summed E-state index contributed by atoms with van der Waals surface area (Å²) < 4.78 is 32.0. The van der Waals surface area contributed by atoms with Crippen LogP contribution in [0.25, 0.3) is 0 Å². The van der Waals surface area contributed by atoms with Gasteiger partial charge in [-0.25, -0.2) is 8.78 Å². The number of nitrogens with one attached hydrogen (secondary N) is 1. The van der Waals surface area contributed by atoms with E-state index in [1.54, 1.807) is 4.90 Å². The summed E-state index contributed by atoms with van der Waals surface area (Å²) in [4.78, 5) is 29.1. The van der Waals surface area contributed by atoms with E-state index < -0.39 is 17.5 Å².